The van der Waals surface area contributed by atoms with E-state index in [9.17, 15) is 9.90 Å². The number of piperidine rings is 1. The molecule has 7 nitrogen and oxygen atoms in total. The molecule has 108 valence electrons. The fourth-order valence-corrected chi connectivity index (χ4v) is 3.30. The Bertz CT molecular complexity index is 359. The molecule has 1 amide bonds. The van der Waals surface area contributed by atoms with Gasteiger partial charge in [0.15, 0.2) is 6.29 Å². The molecule has 3 rings (SSSR count). The van der Waals surface area contributed by atoms with E-state index in [-0.39, 0.29) is 24.0 Å². The van der Waals surface area contributed by atoms with E-state index in [1.165, 1.54) is 0 Å². The maximum Gasteiger partial charge on any atom is 0.220 e. The van der Waals surface area contributed by atoms with E-state index in [1.54, 1.807) is 0 Å². The van der Waals surface area contributed by atoms with Crippen LogP contribution in [0.15, 0.2) is 0 Å². The predicted molar refractivity (Wildman–Crippen MR) is 65.9 cm³/mol. The van der Waals surface area contributed by atoms with Crippen molar-refractivity contribution < 1.29 is 19.4 Å². The van der Waals surface area contributed by atoms with E-state index in [4.69, 9.17) is 20.9 Å². The second-order valence-electron chi connectivity index (χ2n) is 5.65. The summed E-state index contributed by atoms with van der Waals surface area (Å²) in [6.45, 7) is 1.85. The maximum atomic E-state index is 11.2. The largest absolute Gasteiger partial charge is 0.390 e. The zero-order valence-corrected chi connectivity index (χ0v) is 10.8. The van der Waals surface area contributed by atoms with Gasteiger partial charge in [-0.25, -0.2) is 0 Å². The molecule has 0 radical (unpaired) electrons. The van der Waals surface area contributed by atoms with Crippen LogP contribution in [0.25, 0.3) is 0 Å². The number of amides is 1. The summed E-state index contributed by atoms with van der Waals surface area (Å²) in [5.41, 5.74) is 11.3. The Labute approximate surface area is 111 Å². The highest BCUT2D eigenvalue weighted by atomic mass is 16.7. The van der Waals surface area contributed by atoms with Gasteiger partial charge in [0.05, 0.1) is 24.8 Å². The number of likely N-dealkylation sites (tertiary alicyclic amines) is 1. The summed E-state index contributed by atoms with van der Waals surface area (Å²) in [4.78, 5) is 13.3. The van der Waals surface area contributed by atoms with E-state index in [2.05, 4.69) is 4.90 Å². The number of nitrogens with zero attached hydrogens (tertiary/aromatic N) is 1. The number of primary amides is 1. The first-order chi connectivity index (χ1) is 9.08. The van der Waals surface area contributed by atoms with Gasteiger partial charge in [-0.3, -0.25) is 9.69 Å². The average Bonchev–Trinajstić information content (AvgIpc) is 2.83. The molecule has 0 spiro atoms. The van der Waals surface area contributed by atoms with Crippen LogP contribution in [-0.2, 0) is 14.3 Å². The van der Waals surface area contributed by atoms with Crippen LogP contribution in [-0.4, -0.2) is 66.2 Å². The highest BCUT2D eigenvalue weighted by Gasteiger charge is 2.51. The Kier molecular flexibility index (Phi) is 3.48. The van der Waals surface area contributed by atoms with Crippen LogP contribution in [0.3, 0.4) is 0 Å². The predicted octanol–water partition coefficient (Wildman–Crippen LogP) is -2.00. The Hall–Kier alpha value is -0.730. The van der Waals surface area contributed by atoms with Gasteiger partial charge in [0, 0.05) is 5.92 Å². The number of hydrogen-bond donors (Lipinski definition) is 3. The summed E-state index contributed by atoms with van der Waals surface area (Å²) in [7, 11) is 0. The van der Waals surface area contributed by atoms with Crippen LogP contribution < -0.4 is 11.5 Å². The first-order valence-electron chi connectivity index (χ1n) is 6.82. The van der Waals surface area contributed by atoms with Gasteiger partial charge in [0.25, 0.3) is 0 Å². The maximum absolute atomic E-state index is 11.2. The molecule has 0 aliphatic carbocycles. The van der Waals surface area contributed by atoms with E-state index in [0.29, 0.717) is 32.5 Å². The highest BCUT2D eigenvalue weighted by molar-refractivity contribution is 5.76. The number of carbonyl (C=O) groups is 1. The second-order valence-corrected chi connectivity index (χ2v) is 5.65. The van der Waals surface area contributed by atoms with Crippen LogP contribution in [0.4, 0.5) is 0 Å². The Morgan fingerprint density at radius 3 is 2.63 bits per heavy atom. The third kappa shape index (κ3) is 2.25. The number of hydrogen-bond acceptors (Lipinski definition) is 6. The molecule has 3 heterocycles. The molecule has 7 heteroatoms. The second kappa shape index (κ2) is 4.99. The summed E-state index contributed by atoms with van der Waals surface area (Å²) in [5.74, 6) is -0.308. The summed E-state index contributed by atoms with van der Waals surface area (Å²) >= 11 is 0. The molecule has 5 N–H and O–H groups in total. The van der Waals surface area contributed by atoms with Crippen molar-refractivity contribution in [2.75, 3.05) is 19.7 Å². The third-order valence-corrected chi connectivity index (χ3v) is 4.54. The van der Waals surface area contributed by atoms with Crippen molar-refractivity contribution in [1.29, 1.82) is 0 Å². The lowest BCUT2D eigenvalue weighted by atomic mass is 9.91. The minimum absolute atomic E-state index is 0.0659. The van der Waals surface area contributed by atoms with Crippen molar-refractivity contribution in [1.82, 2.24) is 4.90 Å². The molecular weight excluding hydrogens is 250 g/mol. The lowest BCUT2D eigenvalue weighted by molar-refractivity contribution is -0.181. The van der Waals surface area contributed by atoms with E-state index < -0.39 is 18.4 Å². The van der Waals surface area contributed by atoms with Crippen LogP contribution in [0.2, 0.25) is 0 Å². The standard InChI is InChI=1S/C12H21N3O4/c13-8-7-5-18-12(19-7)9(10(8)16)15-3-1-6(2-4-15)11(14)17/h6-10,12,16H,1-5,13H2,(H2,14,17). The topological polar surface area (TPSA) is 111 Å². The van der Waals surface area contributed by atoms with Gasteiger partial charge >= 0.3 is 0 Å². The van der Waals surface area contributed by atoms with Crippen molar-refractivity contribution in [2.45, 2.75) is 43.4 Å². The zero-order valence-electron chi connectivity index (χ0n) is 10.8. The number of carbonyl (C=O) groups excluding carboxylic acids is 1. The number of aliphatic hydroxyl groups excluding tert-OH is 1. The molecule has 19 heavy (non-hydrogen) atoms. The lowest BCUT2D eigenvalue weighted by Gasteiger charge is -2.44. The number of nitrogens with two attached hydrogens (primary N) is 2. The Morgan fingerprint density at radius 2 is 2.00 bits per heavy atom. The summed E-state index contributed by atoms with van der Waals surface area (Å²) < 4.78 is 11.2. The van der Waals surface area contributed by atoms with Gasteiger partial charge < -0.3 is 26.0 Å². The SMILES string of the molecule is NC(=O)C1CCN(C2C3OCC(O3)C(N)C2O)CC1. The fourth-order valence-electron chi connectivity index (χ4n) is 3.30. The molecule has 2 bridgehead atoms. The van der Waals surface area contributed by atoms with E-state index >= 15 is 0 Å². The first kappa shape index (κ1) is 13.3. The van der Waals surface area contributed by atoms with Gasteiger partial charge in [0.2, 0.25) is 5.91 Å². The molecule has 3 saturated heterocycles. The highest BCUT2D eigenvalue weighted by Crippen LogP contribution is 2.32. The Balaban J connectivity index is 1.67. The van der Waals surface area contributed by atoms with Gasteiger partial charge in [-0.1, -0.05) is 0 Å². The molecule has 0 aromatic heterocycles. The summed E-state index contributed by atoms with van der Waals surface area (Å²) in [5, 5.41) is 10.3. The normalized spacial score (nSPS) is 44.4. The number of ether oxygens (including phenoxy) is 2. The number of aliphatic hydroxyl groups is 1. The minimum atomic E-state index is -0.656. The third-order valence-electron chi connectivity index (χ3n) is 4.54. The van der Waals surface area contributed by atoms with Crippen molar-refractivity contribution in [3.63, 3.8) is 0 Å². The molecule has 0 aromatic carbocycles. The fraction of sp³-hybridized carbons (Fsp3) is 0.917. The number of fused-ring (bicyclic) bond motifs is 2. The zero-order chi connectivity index (χ0) is 13.6. The van der Waals surface area contributed by atoms with Crippen molar-refractivity contribution >= 4 is 5.91 Å². The van der Waals surface area contributed by atoms with E-state index in [0.717, 1.165) is 0 Å². The van der Waals surface area contributed by atoms with E-state index in [1.807, 2.05) is 0 Å². The molecular formula is C12H21N3O4. The quantitative estimate of drug-likeness (QED) is 0.535. The van der Waals surface area contributed by atoms with Crippen molar-refractivity contribution in [2.24, 2.45) is 17.4 Å². The molecule has 0 saturated carbocycles. The molecule has 5 atom stereocenters. The first-order valence-corrected chi connectivity index (χ1v) is 6.82. The smallest absolute Gasteiger partial charge is 0.220 e. The monoisotopic (exact) mass is 271 g/mol. The van der Waals surface area contributed by atoms with Crippen LogP contribution in [0, 0.1) is 5.92 Å². The molecule has 0 aromatic rings. The van der Waals surface area contributed by atoms with Gasteiger partial charge in [0.1, 0.15) is 6.10 Å². The van der Waals surface area contributed by atoms with Gasteiger partial charge in [-0.2, -0.15) is 0 Å². The van der Waals surface area contributed by atoms with Crippen molar-refractivity contribution in [3.8, 4) is 0 Å². The summed E-state index contributed by atoms with van der Waals surface area (Å²) in [6, 6.07) is -0.666. The Morgan fingerprint density at radius 1 is 1.32 bits per heavy atom. The van der Waals surface area contributed by atoms with Crippen LogP contribution in [0.5, 0.6) is 0 Å². The van der Waals surface area contributed by atoms with Crippen LogP contribution >= 0.6 is 0 Å². The lowest BCUT2D eigenvalue weighted by Crippen LogP contribution is -2.64. The van der Waals surface area contributed by atoms with Gasteiger partial charge in [-0.15, -0.1) is 0 Å². The molecule has 5 unspecified atom stereocenters. The van der Waals surface area contributed by atoms with Crippen LogP contribution in [0.1, 0.15) is 12.8 Å². The average molecular weight is 271 g/mol. The minimum Gasteiger partial charge on any atom is -0.390 e. The van der Waals surface area contributed by atoms with Gasteiger partial charge in [-0.05, 0) is 25.9 Å². The molecule has 3 fully saturated rings. The number of rotatable bonds is 2. The molecule has 3 aliphatic heterocycles. The molecule has 3 aliphatic rings. The van der Waals surface area contributed by atoms with Crippen molar-refractivity contribution in [3.05, 3.63) is 0 Å². The summed E-state index contributed by atoms with van der Waals surface area (Å²) in [6.07, 6.45) is 0.147.